The number of benzene rings is 1. The molecular formula is C10H12N2OS. The average molecular weight is 208 g/mol. The molecule has 0 aliphatic carbocycles. The Kier molecular flexibility index (Phi) is 4.10. The van der Waals surface area contributed by atoms with Crippen molar-refractivity contribution in [1.29, 1.82) is 0 Å². The Labute approximate surface area is 88.2 Å². The molecule has 0 spiro atoms. The predicted octanol–water partition coefficient (Wildman–Crippen LogP) is 1.35. The fourth-order valence-corrected chi connectivity index (χ4v) is 1.17. The van der Waals surface area contributed by atoms with E-state index in [1.165, 1.54) is 0 Å². The molecule has 0 fully saturated rings. The molecule has 0 heterocycles. The van der Waals surface area contributed by atoms with Gasteiger partial charge in [0.1, 0.15) is 0 Å². The monoisotopic (exact) mass is 208 g/mol. The molecule has 4 heteroatoms. The van der Waals surface area contributed by atoms with Crippen LogP contribution in [0.5, 0.6) is 0 Å². The van der Waals surface area contributed by atoms with E-state index in [1.807, 2.05) is 30.3 Å². The maximum absolute atomic E-state index is 8.60. The Morgan fingerprint density at radius 2 is 2.36 bits per heavy atom. The molecule has 4 N–H and O–H groups in total. The molecule has 74 valence electrons. The van der Waals surface area contributed by atoms with Gasteiger partial charge < -0.3 is 16.2 Å². The summed E-state index contributed by atoms with van der Waals surface area (Å²) in [7, 11) is 0. The summed E-state index contributed by atoms with van der Waals surface area (Å²) in [5.74, 6) is 0. The van der Waals surface area contributed by atoms with E-state index in [-0.39, 0.29) is 11.7 Å². The second kappa shape index (κ2) is 5.36. The Hall–Kier alpha value is -1.39. The summed E-state index contributed by atoms with van der Waals surface area (Å²) in [6.45, 7) is 0.0347. The van der Waals surface area contributed by atoms with Gasteiger partial charge in [0.25, 0.3) is 0 Å². The highest BCUT2D eigenvalue weighted by Crippen LogP contribution is 2.11. The maximum Gasteiger partial charge on any atom is 0.168 e. The summed E-state index contributed by atoms with van der Waals surface area (Å²) >= 11 is 4.72. The van der Waals surface area contributed by atoms with E-state index >= 15 is 0 Å². The molecule has 0 bridgehead atoms. The molecule has 1 aromatic carbocycles. The van der Waals surface area contributed by atoms with Crippen LogP contribution >= 0.6 is 12.2 Å². The number of aliphatic hydroxyl groups excluding tert-OH is 1. The zero-order valence-electron chi connectivity index (χ0n) is 7.60. The minimum Gasteiger partial charge on any atom is -0.392 e. The highest BCUT2D eigenvalue weighted by molar-refractivity contribution is 7.80. The molecule has 0 amide bonds. The lowest BCUT2D eigenvalue weighted by Crippen LogP contribution is -2.18. The van der Waals surface area contributed by atoms with Gasteiger partial charge in [-0.05, 0) is 29.9 Å². The van der Waals surface area contributed by atoms with E-state index in [0.29, 0.717) is 0 Å². The van der Waals surface area contributed by atoms with Crippen LogP contribution in [-0.2, 0) is 0 Å². The van der Waals surface area contributed by atoms with Crippen molar-refractivity contribution in [1.82, 2.24) is 0 Å². The fraction of sp³-hybridized carbons (Fsp3) is 0.100. The number of hydrogen-bond acceptors (Lipinski definition) is 2. The third-order valence-corrected chi connectivity index (χ3v) is 1.67. The highest BCUT2D eigenvalue weighted by atomic mass is 32.1. The first-order valence-corrected chi connectivity index (χ1v) is 4.57. The molecular weight excluding hydrogens is 196 g/mol. The zero-order chi connectivity index (χ0) is 10.4. The van der Waals surface area contributed by atoms with E-state index < -0.39 is 0 Å². The summed E-state index contributed by atoms with van der Waals surface area (Å²) < 4.78 is 0. The third kappa shape index (κ3) is 3.55. The van der Waals surface area contributed by atoms with E-state index in [1.54, 1.807) is 6.08 Å². The Bertz CT molecular complexity index is 350. The Morgan fingerprint density at radius 1 is 1.57 bits per heavy atom. The number of nitrogens with one attached hydrogen (secondary N) is 1. The largest absolute Gasteiger partial charge is 0.392 e. The van der Waals surface area contributed by atoms with Gasteiger partial charge in [-0.2, -0.15) is 0 Å². The molecule has 0 radical (unpaired) electrons. The van der Waals surface area contributed by atoms with E-state index in [0.717, 1.165) is 11.3 Å². The second-order valence-corrected chi connectivity index (χ2v) is 3.14. The van der Waals surface area contributed by atoms with Gasteiger partial charge in [0.2, 0.25) is 0 Å². The van der Waals surface area contributed by atoms with Crippen molar-refractivity contribution >= 4 is 29.1 Å². The molecule has 0 aliphatic heterocycles. The topological polar surface area (TPSA) is 58.3 Å². The molecule has 0 saturated carbocycles. The van der Waals surface area contributed by atoms with Crippen LogP contribution in [-0.4, -0.2) is 16.8 Å². The van der Waals surface area contributed by atoms with Gasteiger partial charge in [0.15, 0.2) is 5.11 Å². The lowest BCUT2D eigenvalue weighted by Gasteiger charge is -2.03. The van der Waals surface area contributed by atoms with Crippen LogP contribution < -0.4 is 11.1 Å². The van der Waals surface area contributed by atoms with Crippen LogP contribution in [0.25, 0.3) is 6.08 Å². The van der Waals surface area contributed by atoms with Gasteiger partial charge >= 0.3 is 0 Å². The van der Waals surface area contributed by atoms with Gasteiger partial charge in [-0.3, -0.25) is 0 Å². The molecule has 1 aromatic rings. The maximum atomic E-state index is 8.60. The number of thiocarbonyl (C=S) groups is 1. The summed E-state index contributed by atoms with van der Waals surface area (Å²) in [6.07, 6.45) is 3.49. The normalized spacial score (nSPS) is 10.4. The average Bonchev–Trinajstić information content (AvgIpc) is 2.14. The Balaban J connectivity index is 2.78. The fourth-order valence-electron chi connectivity index (χ4n) is 1.05. The van der Waals surface area contributed by atoms with Crippen molar-refractivity contribution in [3.8, 4) is 0 Å². The molecule has 1 rings (SSSR count). The summed E-state index contributed by atoms with van der Waals surface area (Å²) in [5.41, 5.74) is 7.17. The number of nitrogens with two attached hydrogens (primary N) is 1. The van der Waals surface area contributed by atoms with E-state index in [4.69, 9.17) is 23.1 Å². The van der Waals surface area contributed by atoms with Gasteiger partial charge in [0.05, 0.1) is 6.61 Å². The van der Waals surface area contributed by atoms with Crippen LogP contribution in [0.2, 0.25) is 0 Å². The molecule has 0 atom stereocenters. The number of aliphatic hydroxyl groups is 1. The first-order valence-electron chi connectivity index (χ1n) is 4.16. The van der Waals surface area contributed by atoms with Gasteiger partial charge in [-0.25, -0.2) is 0 Å². The van der Waals surface area contributed by atoms with Crippen molar-refractivity contribution in [2.75, 3.05) is 11.9 Å². The Morgan fingerprint density at radius 3 is 3.00 bits per heavy atom. The predicted molar refractivity (Wildman–Crippen MR) is 63.0 cm³/mol. The molecule has 0 saturated heterocycles. The SMILES string of the molecule is NC(=S)Nc1cccc(C=CCO)c1. The van der Waals surface area contributed by atoms with E-state index in [9.17, 15) is 0 Å². The van der Waals surface area contributed by atoms with Crippen LogP contribution in [0, 0.1) is 0 Å². The highest BCUT2D eigenvalue weighted by Gasteiger charge is 1.93. The summed E-state index contributed by atoms with van der Waals surface area (Å²) in [4.78, 5) is 0. The van der Waals surface area contributed by atoms with Gasteiger partial charge in [0, 0.05) is 5.69 Å². The van der Waals surface area contributed by atoms with Crippen molar-refractivity contribution in [2.45, 2.75) is 0 Å². The number of anilines is 1. The van der Waals surface area contributed by atoms with Crippen LogP contribution in [0.3, 0.4) is 0 Å². The minimum atomic E-state index is 0.0347. The quantitative estimate of drug-likeness (QED) is 0.656. The van der Waals surface area contributed by atoms with Crippen molar-refractivity contribution < 1.29 is 5.11 Å². The van der Waals surface area contributed by atoms with Crippen LogP contribution in [0.1, 0.15) is 5.56 Å². The van der Waals surface area contributed by atoms with Crippen LogP contribution in [0.4, 0.5) is 5.69 Å². The molecule has 0 aromatic heterocycles. The molecule has 0 aliphatic rings. The van der Waals surface area contributed by atoms with Crippen molar-refractivity contribution in [2.24, 2.45) is 5.73 Å². The first-order chi connectivity index (χ1) is 6.72. The van der Waals surface area contributed by atoms with Crippen molar-refractivity contribution in [3.05, 3.63) is 35.9 Å². The lowest BCUT2D eigenvalue weighted by atomic mass is 10.2. The number of hydrogen-bond donors (Lipinski definition) is 3. The summed E-state index contributed by atoms with van der Waals surface area (Å²) in [6, 6.07) is 7.58. The van der Waals surface area contributed by atoms with E-state index in [2.05, 4.69) is 5.32 Å². The molecule has 3 nitrogen and oxygen atoms in total. The number of rotatable bonds is 3. The van der Waals surface area contributed by atoms with Gasteiger partial charge in [-0.1, -0.05) is 24.3 Å². The second-order valence-electron chi connectivity index (χ2n) is 2.70. The third-order valence-electron chi connectivity index (χ3n) is 1.57. The van der Waals surface area contributed by atoms with Gasteiger partial charge in [-0.15, -0.1) is 0 Å². The summed E-state index contributed by atoms with van der Waals surface area (Å²) in [5, 5.41) is 11.7. The zero-order valence-corrected chi connectivity index (χ0v) is 8.42. The lowest BCUT2D eigenvalue weighted by molar-refractivity contribution is 0.343. The molecule has 14 heavy (non-hydrogen) atoms. The van der Waals surface area contributed by atoms with Crippen molar-refractivity contribution in [3.63, 3.8) is 0 Å². The van der Waals surface area contributed by atoms with Crippen LogP contribution in [0.15, 0.2) is 30.3 Å². The first kappa shape index (κ1) is 10.7. The molecule has 0 unspecified atom stereocenters. The smallest absolute Gasteiger partial charge is 0.168 e. The minimum absolute atomic E-state index is 0.0347. The standard InChI is InChI=1S/C10H12N2OS/c11-10(14)12-9-5-1-3-8(7-9)4-2-6-13/h1-5,7,13H,6H2,(H3,11,12,14).